The maximum atomic E-state index is 8.74. The number of nitriles is 1. The first-order valence-corrected chi connectivity index (χ1v) is 7.00. The molecular weight excluding hydrogens is 296 g/mol. The molecule has 3 rings (SSSR count). The summed E-state index contributed by atoms with van der Waals surface area (Å²) in [6, 6.07) is 11.2. The third-order valence-electron chi connectivity index (χ3n) is 3.14. The van der Waals surface area contributed by atoms with Crippen LogP contribution in [0.2, 0.25) is 5.02 Å². The lowest BCUT2D eigenvalue weighted by Crippen LogP contribution is -1.98. The van der Waals surface area contributed by atoms with Gasteiger partial charge in [-0.25, -0.2) is 4.98 Å². The largest absolute Gasteiger partial charge is 0.374 e. The number of rotatable bonds is 2. The Labute approximate surface area is 132 Å². The van der Waals surface area contributed by atoms with Crippen molar-refractivity contribution in [1.82, 2.24) is 9.97 Å². The van der Waals surface area contributed by atoms with Crippen LogP contribution in [0.1, 0.15) is 11.1 Å². The van der Waals surface area contributed by atoms with E-state index in [0.29, 0.717) is 22.7 Å². The lowest BCUT2D eigenvalue weighted by atomic mass is 10.2. The number of H-pyrrole nitrogens is 1. The molecule has 0 aliphatic heterocycles. The average Bonchev–Trinajstić information content (AvgIpc) is 3.03. The van der Waals surface area contributed by atoms with Crippen molar-refractivity contribution in [1.29, 1.82) is 5.26 Å². The maximum Gasteiger partial charge on any atom is 0.138 e. The molecule has 0 spiro atoms. The highest BCUT2D eigenvalue weighted by Gasteiger charge is 2.04. The van der Waals surface area contributed by atoms with E-state index in [2.05, 4.69) is 33.2 Å². The molecule has 2 aromatic heterocycles. The molecule has 0 unspecified atom stereocenters. The molecule has 5 heteroatoms. The van der Waals surface area contributed by atoms with Gasteiger partial charge in [-0.15, -0.1) is 0 Å². The van der Waals surface area contributed by atoms with Crippen LogP contribution in [0, 0.1) is 23.2 Å². The number of pyridine rings is 1. The zero-order valence-corrected chi connectivity index (χ0v) is 12.3. The Morgan fingerprint density at radius 2 is 2.05 bits per heavy atom. The van der Waals surface area contributed by atoms with Crippen LogP contribution in [0.5, 0.6) is 0 Å². The number of benzene rings is 1. The quantitative estimate of drug-likeness (QED) is 0.712. The van der Waals surface area contributed by atoms with Gasteiger partial charge >= 0.3 is 0 Å². The summed E-state index contributed by atoms with van der Waals surface area (Å²) in [5.41, 5.74) is 3.01. The van der Waals surface area contributed by atoms with Crippen LogP contribution in [-0.2, 0) is 0 Å². The number of nitrogens with zero attached hydrogens (tertiary/aromatic N) is 2. The van der Waals surface area contributed by atoms with E-state index in [1.165, 1.54) is 0 Å². The molecule has 0 aliphatic carbocycles. The number of nitrogens with one attached hydrogen (secondary N) is 2. The zero-order valence-electron chi connectivity index (χ0n) is 11.5. The van der Waals surface area contributed by atoms with Crippen molar-refractivity contribution < 1.29 is 0 Å². The number of anilines is 1. The first-order valence-electron chi connectivity index (χ1n) is 6.62. The number of aromatic nitrogens is 2. The predicted molar refractivity (Wildman–Crippen MR) is 87.6 cm³/mol. The van der Waals surface area contributed by atoms with E-state index in [1.54, 1.807) is 24.5 Å². The molecule has 0 radical (unpaired) electrons. The van der Waals surface area contributed by atoms with Crippen molar-refractivity contribution in [2.45, 2.75) is 0 Å². The minimum atomic E-state index is 0.480. The molecule has 1 aromatic carbocycles. The van der Waals surface area contributed by atoms with Gasteiger partial charge in [-0.1, -0.05) is 23.4 Å². The molecule has 106 valence electrons. The van der Waals surface area contributed by atoms with Crippen molar-refractivity contribution in [3.63, 3.8) is 0 Å². The molecule has 0 atom stereocenters. The fourth-order valence-corrected chi connectivity index (χ4v) is 2.26. The molecule has 3 aromatic rings. The van der Waals surface area contributed by atoms with Gasteiger partial charge in [0.05, 0.1) is 28.8 Å². The average molecular weight is 307 g/mol. The van der Waals surface area contributed by atoms with Crippen molar-refractivity contribution in [3.05, 3.63) is 58.9 Å². The lowest BCUT2D eigenvalue weighted by molar-refractivity contribution is 1.31. The first kappa shape index (κ1) is 14.0. The molecule has 0 aliphatic rings. The smallest absolute Gasteiger partial charge is 0.138 e. The Kier molecular flexibility index (Phi) is 3.96. The zero-order chi connectivity index (χ0) is 15.4. The van der Waals surface area contributed by atoms with Crippen LogP contribution in [0.4, 0.5) is 5.69 Å². The summed E-state index contributed by atoms with van der Waals surface area (Å²) in [5, 5.41) is 13.4. The summed E-state index contributed by atoms with van der Waals surface area (Å²) in [5.74, 6) is 6.03. The van der Waals surface area contributed by atoms with Gasteiger partial charge in [0.25, 0.3) is 0 Å². The molecule has 0 saturated heterocycles. The molecule has 22 heavy (non-hydrogen) atoms. The predicted octanol–water partition coefficient (Wildman–Crippen LogP) is 3.55. The number of hydrogen-bond acceptors (Lipinski definition) is 3. The second-order valence-corrected chi connectivity index (χ2v) is 4.95. The van der Waals surface area contributed by atoms with E-state index < -0.39 is 0 Å². The lowest BCUT2D eigenvalue weighted by Gasteiger charge is -2.01. The summed E-state index contributed by atoms with van der Waals surface area (Å²) in [6.45, 7) is 0.480. The van der Waals surface area contributed by atoms with Crippen molar-refractivity contribution in [2.75, 3.05) is 11.9 Å². The maximum absolute atomic E-state index is 8.74. The number of hydrogen-bond donors (Lipinski definition) is 2. The molecule has 2 N–H and O–H groups in total. The third-order valence-corrected chi connectivity index (χ3v) is 3.55. The first-order chi connectivity index (χ1) is 10.8. The highest BCUT2D eigenvalue weighted by molar-refractivity contribution is 6.36. The van der Waals surface area contributed by atoms with Gasteiger partial charge in [-0.05, 0) is 30.3 Å². The van der Waals surface area contributed by atoms with Gasteiger partial charge in [0.15, 0.2) is 0 Å². The Balaban J connectivity index is 1.69. The molecule has 0 amide bonds. The number of aromatic amines is 1. The normalized spacial score (nSPS) is 9.82. The van der Waals surface area contributed by atoms with E-state index in [-0.39, 0.29) is 0 Å². The fourth-order valence-electron chi connectivity index (χ4n) is 2.01. The van der Waals surface area contributed by atoms with E-state index in [4.69, 9.17) is 16.9 Å². The monoisotopic (exact) mass is 306 g/mol. The molecule has 0 bridgehead atoms. The summed E-state index contributed by atoms with van der Waals surface area (Å²) in [4.78, 5) is 7.27. The summed E-state index contributed by atoms with van der Waals surface area (Å²) < 4.78 is 0. The summed E-state index contributed by atoms with van der Waals surface area (Å²) in [6.07, 6.45) is 3.46. The highest BCUT2D eigenvalue weighted by atomic mass is 35.5. The van der Waals surface area contributed by atoms with Crippen LogP contribution in [0.25, 0.3) is 11.0 Å². The third kappa shape index (κ3) is 2.88. The Morgan fingerprint density at radius 1 is 1.23 bits per heavy atom. The fraction of sp³-hybridized carbons (Fsp3) is 0.0588. The number of halogens is 1. The Hall–Kier alpha value is -2.95. The van der Waals surface area contributed by atoms with E-state index in [9.17, 15) is 0 Å². The molecule has 2 heterocycles. The van der Waals surface area contributed by atoms with Gasteiger partial charge in [0.2, 0.25) is 0 Å². The van der Waals surface area contributed by atoms with Crippen LogP contribution < -0.4 is 5.32 Å². The summed E-state index contributed by atoms with van der Waals surface area (Å²) in [7, 11) is 0. The van der Waals surface area contributed by atoms with Crippen molar-refractivity contribution >= 4 is 28.3 Å². The molecule has 0 fully saturated rings. The van der Waals surface area contributed by atoms with E-state index in [1.807, 2.05) is 18.2 Å². The van der Waals surface area contributed by atoms with Gasteiger partial charge in [0.1, 0.15) is 5.65 Å². The van der Waals surface area contributed by atoms with E-state index in [0.717, 1.165) is 16.7 Å². The van der Waals surface area contributed by atoms with Gasteiger partial charge < -0.3 is 10.3 Å². The molecule has 0 saturated carbocycles. The van der Waals surface area contributed by atoms with Gasteiger partial charge in [-0.3, -0.25) is 0 Å². The van der Waals surface area contributed by atoms with Crippen LogP contribution in [0.15, 0.2) is 42.7 Å². The highest BCUT2D eigenvalue weighted by Crippen LogP contribution is 2.24. The van der Waals surface area contributed by atoms with Crippen LogP contribution >= 0.6 is 11.6 Å². The standard InChI is InChI=1S/C17H11ClN4/c18-16-13(11-22-17-15(16)7-9-21-17)2-1-8-20-14-5-3-12(10-19)4-6-14/h3-7,9,11,20H,8H2,(H,21,22). The second kappa shape index (κ2) is 6.22. The summed E-state index contributed by atoms with van der Waals surface area (Å²) >= 11 is 6.30. The number of fused-ring (bicyclic) bond motifs is 1. The van der Waals surface area contributed by atoms with Gasteiger partial charge in [-0.2, -0.15) is 5.26 Å². The SMILES string of the molecule is N#Cc1ccc(NCC#Cc2cnc3[nH]ccc3c2Cl)cc1. The van der Waals surface area contributed by atoms with E-state index >= 15 is 0 Å². The Bertz CT molecular complexity index is 908. The van der Waals surface area contributed by atoms with Gasteiger partial charge in [0, 0.05) is 23.5 Å². The van der Waals surface area contributed by atoms with Crippen molar-refractivity contribution in [2.24, 2.45) is 0 Å². The molecule has 4 nitrogen and oxygen atoms in total. The van der Waals surface area contributed by atoms with Crippen LogP contribution in [-0.4, -0.2) is 16.5 Å². The topological polar surface area (TPSA) is 64.5 Å². The van der Waals surface area contributed by atoms with Crippen LogP contribution in [0.3, 0.4) is 0 Å². The molecular formula is C17H11ClN4. The minimum absolute atomic E-state index is 0.480. The minimum Gasteiger partial charge on any atom is -0.374 e. The second-order valence-electron chi connectivity index (χ2n) is 4.57. The van der Waals surface area contributed by atoms with Crippen molar-refractivity contribution in [3.8, 4) is 17.9 Å². The Morgan fingerprint density at radius 3 is 2.82 bits per heavy atom.